The first-order chi connectivity index (χ1) is 26.8. The number of ether oxygens (including phenoxy) is 2. The van der Waals surface area contributed by atoms with Gasteiger partial charge in [-0.25, -0.2) is 8.42 Å². The van der Waals surface area contributed by atoms with Crippen LogP contribution in [-0.4, -0.2) is 68.8 Å². The Morgan fingerprint density at radius 3 is 1.30 bits per heavy atom. The van der Waals surface area contributed by atoms with Gasteiger partial charge in [0.15, 0.2) is 0 Å². The van der Waals surface area contributed by atoms with E-state index in [0.29, 0.717) is 11.5 Å². The van der Waals surface area contributed by atoms with E-state index in [2.05, 4.69) is 13.8 Å². The van der Waals surface area contributed by atoms with Gasteiger partial charge in [0.2, 0.25) is 0 Å². The third kappa shape index (κ3) is 20.1. The Kier molecular flexibility index (Phi) is 23.8. The van der Waals surface area contributed by atoms with Crippen LogP contribution in [0.5, 0.6) is 34.5 Å². The Labute approximate surface area is 370 Å². The number of benzene rings is 4. The van der Waals surface area contributed by atoms with Crippen molar-refractivity contribution < 1.29 is 45.6 Å². The number of aryl methyl sites for hydroxylation is 2. The summed E-state index contributed by atoms with van der Waals surface area (Å²) in [6, 6.07) is 20.9. The quantitative estimate of drug-likeness (QED) is 0.0392. The van der Waals surface area contributed by atoms with Crippen LogP contribution in [0.2, 0.25) is 0 Å². The van der Waals surface area contributed by atoms with Crippen LogP contribution in [-0.2, 0) is 33.1 Å². The van der Waals surface area contributed by atoms with Gasteiger partial charge in [0.1, 0.15) is 43.8 Å². The molecular formula is C44H58CaO10S2. The molecule has 10 nitrogen and oxygen atoms in total. The van der Waals surface area contributed by atoms with Gasteiger partial charge >= 0.3 is 37.7 Å². The maximum atomic E-state index is 11.7. The molecule has 0 radical (unpaired) electrons. The number of phenols is 1. The number of unbranched alkanes of at least 4 members (excludes halogenated alkanes) is 14. The molecule has 0 saturated carbocycles. The zero-order valence-corrected chi connectivity index (χ0v) is 37.3. The standard InChI is InChI=1S/2C22H30O5S.Ca/c2*1-2-3-4-5-6-7-8-9-10-18-11-16-22(28(24,25)26)21(17-18)27-20-14-12-19(23)13-15-20;/h2*11-17,23H,2-10H2,1H3,(H,24,25,26);/q;;+2/p-2. The Morgan fingerprint density at radius 2 is 0.895 bits per heavy atom. The van der Waals surface area contributed by atoms with Gasteiger partial charge in [-0.15, -0.1) is 5.75 Å². The zero-order chi connectivity index (χ0) is 40.8. The second kappa shape index (κ2) is 27.0. The van der Waals surface area contributed by atoms with E-state index in [1.807, 2.05) is 0 Å². The molecular weight excluding hydrogens is 793 g/mol. The molecule has 0 bridgehead atoms. The molecule has 308 valence electrons. The van der Waals surface area contributed by atoms with Gasteiger partial charge in [0, 0.05) is 0 Å². The molecule has 4 rings (SSSR count). The molecule has 4 aromatic rings. The number of aromatic hydroxyl groups is 1. The number of hydrogen-bond donors (Lipinski definition) is 2. The summed E-state index contributed by atoms with van der Waals surface area (Å²) in [5, 5.41) is 20.6. The minimum atomic E-state index is -4.66. The van der Waals surface area contributed by atoms with Gasteiger partial charge in [-0.05, 0) is 97.5 Å². The van der Waals surface area contributed by atoms with Crippen LogP contribution in [0, 0.1) is 0 Å². The predicted octanol–water partition coefficient (Wildman–Crippen LogP) is 10.9. The molecule has 0 aromatic heterocycles. The van der Waals surface area contributed by atoms with Crippen molar-refractivity contribution in [2.24, 2.45) is 0 Å². The Balaban J connectivity index is 0.000000387. The molecule has 0 saturated heterocycles. The predicted molar refractivity (Wildman–Crippen MR) is 223 cm³/mol. The molecule has 0 spiro atoms. The Morgan fingerprint density at radius 1 is 0.526 bits per heavy atom. The summed E-state index contributed by atoms with van der Waals surface area (Å²) in [6.07, 6.45) is 21.1. The summed E-state index contributed by atoms with van der Waals surface area (Å²) in [5.41, 5.74) is 1.89. The summed E-state index contributed by atoms with van der Waals surface area (Å²) in [7, 11) is -9.05. The third-order valence-corrected chi connectivity index (χ3v) is 11.1. The van der Waals surface area contributed by atoms with Crippen molar-refractivity contribution in [2.75, 3.05) is 0 Å². The van der Waals surface area contributed by atoms with E-state index in [4.69, 9.17) is 9.47 Å². The van der Waals surface area contributed by atoms with Crippen molar-refractivity contribution in [3.05, 3.63) is 96.1 Å². The summed E-state index contributed by atoms with van der Waals surface area (Å²) < 4.78 is 78.6. The van der Waals surface area contributed by atoms with E-state index in [1.54, 1.807) is 24.3 Å². The summed E-state index contributed by atoms with van der Waals surface area (Å²) in [6.45, 7) is 4.42. The zero-order valence-electron chi connectivity index (χ0n) is 33.5. The normalized spacial score (nSPS) is 11.3. The van der Waals surface area contributed by atoms with E-state index in [9.17, 15) is 36.2 Å². The molecule has 0 amide bonds. The van der Waals surface area contributed by atoms with Crippen molar-refractivity contribution >= 4 is 58.0 Å². The van der Waals surface area contributed by atoms with Crippen LogP contribution in [0.15, 0.2) is 94.7 Å². The molecule has 0 aliphatic heterocycles. The molecule has 0 heterocycles. The first-order valence-electron chi connectivity index (χ1n) is 19.9. The monoisotopic (exact) mass is 850 g/mol. The minimum Gasteiger partial charge on any atom is -0.872 e. The molecule has 0 atom stereocenters. The molecule has 2 N–H and O–H groups in total. The molecule has 57 heavy (non-hydrogen) atoms. The van der Waals surface area contributed by atoms with Gasteiger partial charge in [-0.2, -0.15) is 8.42 Å². The second-order valence-corrected chi connectivity index (χ2v) is 16.8. The first-order valence-corrected chi connectivity index (χ1v) is 22.8. The summed E-state index contributed by atoms with van der Waals surface area (Å²) in [4.78, 5) is -0.654. The maximum Gasteiger partial charge on any atom is 2.00 e. The Hall–Kier alpha value is -2.84. The third-order valence-electron chi connectivity index (χ3n) is 9.32. The molecule has 0 aliphatic carbocycles. The Bertz CT molecular complexity index is 1810. The van der Waals surface area contributed by atoms with Crippen LogP contribution in [0.4, 0.5) is 0 Å². The topological polar surface area (TPSA) is 173 Å². The van der Waals surface area contributed by atoms with Gasteiger partial charge in [0.05, 0.1) is 4.90 Å². The van der Waals surface area contributed by atoms with E-state index < -0.39 is 25.1 Å². The van der Waals surface area contributed by atoms with E-state index in [0.717, 1.165) is 49.7 Å². The second-order valence-electron chi connectivity index (χ2n) is 14.1. The van der Waals surface area contributed by atoms with Gasteiger partial charge in [0.25, 0.3) is 10.1 Å². The van der Waals surface area contributed by atoms with E-state index >= 15 is 0 Å². The first kappa shape index (κ1) is 50.3. The van der Waals surface area contributed by atoms with Crippen LogP contribution >= 0.6 is 0 Å². The van der Waals surface area contributed by atoms with Gasteiger partial charge < -0.3 is 24.2 Å². The van der Waals surface area contributed by atoms with Crippen molar-refractivity contribution in [1.82, 2.24) is 0 Å². The van der Waals surface area contributed by atoms with E-state index in [-0.39, 0.29) is 65.6 Å². The number of rotatable bonds is 24. The SMILES string of the molecule is CCCCCCCCCCc1ccc(S(=O)(=O)O)c(Oc2ccc(O)cc2)c1.CCCCCCCCCCc1ccc(S(=O)(=O)[O-])c(Oc2ccc([O-])cc2)c1.[Ca+2]. The fourth-order valence-electron chi connectivity index (χ4n) is 6.20. The van der Waals surface area contributed by atoms with Crippen LogP contribution in [0.1, 0.15) is 128 Å². The fourth-order valence-corrected chi connectivity index (χ4v) is 7.37. The maximum absolute atomic E-state index is 11.7. The smallest absolute Gasteiger partial charge is 0.872 e. The van der Waals surface area contributed by atoms with Crippen LogP contribution in [0.3, 0.4) is 0 Å². The summed E-state index contributed by atoms with van der Waals surface area (Å²) in [5.74, 6) is 0.704. The van der Waals surface area contributed by atoms with Crippen LogP contribution in [0.25, 0.3) is 0 Å². The largest absolute Gasteiger partial charge is 2.00 e. The van der Waals surface area contributed by atoms with Crippen molar-refractivity contribution in [3.63, 3.8) is 0 Å². The average molecular weight is 851 g/mol. The van der Waals surface area contributed by atoms with Crippen LogP contribution < -0.4 is 14.6 Å². The molecule has 13 heteroatoms. The average Bonchev–Trinajstić information content (AvgIpc) is 3.15. The van der Waals surface area contributed by atoms with Crippen molar-refractivity contribution in [1.29, 1.82) is 0 Å². The molecule has 0 unspecified atom stereocenters. The number of phenolic OH excluding ortho intramolecular Hbond substituents is 1. The summed E-state index contributed by atoms with van der Waals surface area (Å²) >= 11 is 0. The minimum absolute atomic E-state index is 0. The molecule has 0 aliphatic rings. The molecule has 0 fully saturated rings. The molecule has 4 aromatic carbocycles. The van der Waals surface area contributed by atoms with Crippen molar-refractivity contribution in [2.45, 2.75) is 139 Å². The number of hydrogen-bond acceptors (Lipinski definition) is 9. The van der Waals surface area contributed by atoms with Gasteiger partial charge in [-0.3, -0.25) is 4.55 Å². The fraction of sp³-hybridized carbons (Fsp3) is 0.455. The van der Waals surface area contributed by atoms with Gasteiger partial charge in [-0.1, -0.05) is 128 Å². The van der Waals surface area contributed by atoms with Crippen molar-refractivity contribution in [3.8, 4) is 34.5 Å². The van der Waals surface area contributed by atoms with E-state index in [1.165, 1.54) is 138 Å².